The van der Waals surface area contributed by atoms with E-state index >= 15 is 0 Å². The lowest BCUT2D eigenvalue weighted by atomic mass is 10.1. The van der Waals surface area contributed by atoms with Gasteiger partial charge in [-0.2, -0.15) is 0 Å². The van der Waals surface area contributed by atoms with Crippen LogP contribution in [0.1, 0.15) is 22.3 Å². The summed E-state index contributed by atoms with van der Waals surface area (Å²) in [5.41, 5.74) is 4.04. The zero-order valence-corrected chi connectivity index (χ0v) is 26.5. The Labute approximate surface area is 266 Å². The predicted molar refractivity (Wildman–Crippen MR) is 180 cm³/mol. The molecule has 0 aromatic heterocycles. The van der Waals surface area contributed by atoms with Crippen LogP contribution in [0.5, 0.6) is 5.75 Å². The number of fused-ring (bicyclic) bond motifs is 1. The van der Waals surface area contributed by atoms with Gasteiger partial charge < -0.3 is 4.74 Å². The molecule has 0 atom stereocenters. The van der Waals surface area contributed by atoms with Gasteiger partial charge in [0.1, 0.15) is 12.4 Å². The molecule has 6 rings (SSSR count). The van der Waals surface area contributed by atoms with Crippen LogP contribution in [-0.4, -0.2) is 16.0 Å². The second-order valence-corrected chi connectivity index (χ2v) is 12.6. The third-order valence-corrected chi connectivity index (χ3v) is 8.98. The monoisotopic (exact) mass is 696 g/mol. The number of halogens is 2. The second kappa shape index (κ2) is 13.1. The van der Waals surface area contributed by atoms with Gasteiger partial charge in [0.15, 0.2) is 5.17 Å². The second-order valence-electron chi connectivity index (χ2n) is 9.80. The number of rotatable bonds is 8. The van der Waals surface area contributed by atoms with E-state index in [0.29, 0.717) is 35.5 Å². The van der Waals surface area contributed by atoms with E-state index < -0.39 is 0 Å². The molecule has 5 aromatic carbocycles. The lowest BCUT2D eigenvalue weighted by Crippen LogP contribution is -2.28. The number of ether oxygens (including phenoxy) is 1. The third-order valence-electron chi connectivity index (χ3n) is 6.89. The summed E-state index contributed by atoms with van der Waals surface area (Å²) in [5.74, 6) is 0.600. The Bertz CT molecular complexity index is 1800. The van der Waals surface area contributed by atoms with Gasteiger partial charge in [-0.15, -0.1) is 0 Å². The highest BCUT2D eigenvalue weighted by molar-refractivity contribution is 9.11. The van der Waals surface area contributed by atoms with Crippen LogP contribution in [0, 0.1) is 0 Å². The minimum atomic E-state index is -0.0771. The summed E-state index contributed by atoms with van der Waals surface area (Å²) < 4.78 is 8.13. The third kappa shape index (κ3) is 6.54. The molecule has 5 aromatic rings. The van der Waals surface area contributed by atoms with Crippen LogP contribution in [-0.2, 0) is 24.5 Å². The van der Waals surface area contributed by atoms with E-state index in [1.165, 1.54) is 17.1 Å². The molecule has 1 aliphatic rings. The quantitative estimate of drug-likeness (QED) is 0.152. The first-order valence-electron chi connectivity index (χ1n) is 13.5. The molecule has 0 radical (unpaired) electrons. The molecule has 1 fully saturated rings. The lowest BCUT2D eigenvalue weighted by molar-refractivity contribution is -0.122. The van der Waals surface area contributed by atoms with Crippen molar-refractivity contribution in [1.29, 1.82) is 0 Å². The SMILES string of the molecule is O=C1/C(=C\c2cc(Br)cc(Br)c2OCc2cccc3ccccc23)SC(=NCc2ccccc2)N1Cc1ccccc1. The van der Waals surface area contributed by atoms with Crippen molar-refractivity contribution in [1.82, 2.24) is 4.90 Å². The summed E-state index contributed by atoms with van der Waals surface area (Å²) in [4.78, 5) is 21.1. The number of amides is 1. The molecule has 1 heterocycles. The number of benzene rings is 5. The van der Waals surface area contributed by atoms with Crippen LogP contribution in [0.15, 0.2) is 134 Å². The van der Waals surface area contributed by atoms with Gasteiger partial charge in [0.05, 0.1) is 22.5 Å². The van der Waals surface area contributed by atoms with Crippen LogP contribution < -0.4 is 4.74 Å². The molecule has 7 heteroatoms. The first kappa shape index (κ1) is 28.5. The van der Waals surface area contributed by atoms with Crippen LogP contribution in [0.4, 0.5) is 0 Å². The fourth-order valence-electron chi connectivity index (χ4n) is 4.82. The largest absolute Gasteiger partial charge is 0.487 e. The standard InChI is InChI=1S/C35H26Br2N2O2S/c36-29-18-28(33(31(37)20-29)41-23-27-16-9-15-26-14-7-8-17-30(26)27)19-32-34(40)39(22-25-12-5-2-6-13-25)35(42-32)38-21-24-10-3-1-4-11-24/h1-20H,21-23H2/b32-19+,38-35?. The normalized spacial score (nSPS) is 15.2. The van der Waals surface area contributed by atoms with Crippen molar-refractivity contribution in [3.63, 3.8) is 0 Å². The molecule has 0 saturated carbocycles. The molecule has 0 bridgehead atoms. The van der Waals surface area contributed by atoms with E-state index in [4.69, 9.17) is 9.73 Å². The lowest BCUT2D eigenvalue weighted by Gasteiger charge is -2.16. The molecule has 4 nitrogen and oxygen atoms in total. The average Bonchev–Trinajstić information content (AvgIpc) is 3.30. The summed E-state index contributed by atoms with van der Waals surface area (Å²) in [7, 11) is 0. The van der Waals surface area contributed by atoms with Gasteiger partial charge in [0.25, 0.3) is 5.91 Å². The van der Waals surface area contributed by atoms with Gasteiger partial charge in [0.2, 0.25) is 0 Å². The molecular formula is C35H26Br2N2O2S. The van der Waals surface area contributed by atoms with E-state index in [0.717, 1.165) is 36.6 Å². The summed E-state index contributed by atoms with van der Waals surface area (Å²) in [6.07, 6.45) is 1.91. The van der Waals surface area contributed by atoms with E-state index in [1.54, 1.807) is 4.90 Å². The number of carbonyl (C=O) groups is 1. The van der Waals surface area contributed by atoms with Crippen molar-refractivity contribution < 1.29 is 9.53 Å². The number of thioether (sulfide) groups is 1. The van der Waals surface area contributed by atoms with E-state index in [9.17, 15) is 4.79 Å². The molecule has 0 spiro atoms. The zero-order chi connectivity index (χ0) is 28.9. The number of hydrogen-bond donors (Lipinski definition) is 0. The van der Waals surface area contributed by atoms with Crippen LogP contribution >= 0.6 is 43.6 Å². The number of amidine groups is 1. The maximum atomic E-state index is 13.8. The van der Waals surface area contributed by atoms with Gasteiger partial charge in [-0.1, -0.05) is 119 Å². The minimum absolute atomic E-state index is 0.0771. The molecule has 208 valence electrons. The fourth-order valence-corrected chi connectivity index (χ4v) is 7.16. The van der Waals surface area contributed by atoms with Crippen LogP contribution in [0.25, 0.3) is 16.8 Å². The number of hydrogen-bond acceptors (Lipinski definition) is 4. The fraction of sp³-hybridized carbons (Fsp3) is 0.0857. The maximum Gasteiger partial charge on any atom is 0.267 e. The number of carbonyl (C=O) groups excluding carboxylic acids is 1. The molecule has 0 N–H and O–H groups in total. The molecule has 1 amide bonds. The summed E-state index contributed by atoms with van der Waals surface area (Å²) >= 11 is 8.71. The minimum Gasteiger partial charge on any atom is -0.487 e. The van der Waals surface area contributed by atoms with Crippen molar-refractivity contribution in [2.75, 3.05) is 0 Å². The Balaban J connectivity index is 1.32. The topological polar surface area (TPSA) is 41.9 Å². The van der Waals surface area contributed by atoms with Gasteiger partial charge >= 0.3 is 0 Å². The highest BCUT2D eigenvalue weighted by Crippen LogP contribution is 2.39. The van der Waals surface area contributed by atoms with Gasteiger partial charge in [-0.25, -0.2) is 0 Å². The Morgan fingerprint density at radius 2 is 1.50 bits per heavy atom. The molecular weight excluding hydrogens is 672 g/mol. The Kier molecular flexibility index (Phi) is 8.89. The summed E-state index contributed by atoms with van der Waals surface area (Å²) in [6.45, 7) is 1.34. The van der Waals surface area contributed by atoms with Crippen molar-refractivity contribution in [3.8, 4) is 5.75 Å². The van der Waals surface area contributed by atoms with Crippen molar-refractivity contribution in [3.05, 3.63) is 151 Å². The van der Waals surface area contributed by atoms with Crippen molar-refractivity contribution in [2.45, 2.75) is 19.7 Å². The Hall–Kier alpha value is -3.65. The number of nitrogens with zero attached hydrogens (tertiary/aromatic N) is 2. The molecule has 42 heavy (non-hydrogen) atoms. The molecule has 1 saturated heterocycles. The first-order valence-corrected chi connectivity index (χ1v) is 15.9. The van der Waals surface area contributed by atoms with Gasteiger partial charge in [0, 0.05) is 10.0 Å². The highest BCUT2D eigenvalue weighted by atomic mass is 79.9. The molecule has 1 aliphatic heterocycles. The first-order chi connectivity index (χ1) is 20.5. The Morgan fingerprint density at radius 3 is 2.29 bits per heavy atom. The van der Waals surface area contributed by atoms with Crippen molar-refractivity contribution in [2.24, 2.45) is 4.99 Å². The van der Waals surface area contributed by atoms with Gasteiger partial charge in [-0.3, -0.25) is 14.7 Å². The van der Waals surface area contributed by atoms with E-state index in [1.807, 2.05) is 97.1 Å². The van der Waals surface area contributed by atoms with E-state index in [2.05, 4.69) is 56.1 Å². The summed E-state index contributed by atoms with van der Waals surface area (Å²) in [6, 6.07) is 38.5. The zero-order valence-electron chi connectivity index (χ0n) is 22.5. The average molecular weight is 698 g/mol. The highest BCUT2D eigenvalue weighted by Gasteiger charge is 2.33. The van der Waals surface area contributed by atoms with Gasteiger partial charge in [-0.05, 0) is 73.4 Å². The predicted octanol–water partition coefficient (Wildman–Crippen LogP) is 9.62. The maximum absolute atomic E-state index is 13.8. The van der Waals surface area contributed by atoms with Crippen LogP contribution in [0.3, 0.4) is 0 Å². The molecule has 0 unspecified atom stereocenters. The smallest absolute Gasteiger partial charge is 0.267 e. The van der Waals surface area contributed by atoms with E-state index in [-0.39, 0.29) is 5.91 Å². The molecule has 0 aliphatic carbocycles. The Morgan fingerprint density at radius 1 is 0.810 bits per heavy atom. The summed E-state index contributed by atoms with van der Waals surface area (Å²) in [5, 5.41) is 3.02. The number of aliphatic imine (C=N–C) groups is 1. The van der Waals surface area contributed by atoms with Crippen molar-refractivity contribution >= 4 is 71.5 Å². The van der Waals surface area contributed by atoms with Crippen LogP contribution in [0.2, 0.25) is 0 Å².